The minimum absolute atomic E-state index is 0.241. The van der Waals surface area contributed by atoms with Gasteiger partial charge in [0.25, 0.3) is 0 Å². The third-order valence-corrected chi connectivity index (χ3v) is 12.7. The van der Waals surface area contributed by atoms with Gasteiger partial charge in [-0.25, -0.2) is 0 Å². The first kappa shape index (κ1) is 19.9. The van der Waals surface area contributed by atoms with E-state index >= 15 is 0 Å². The van der Waals surface area contributed by atoms with Gasteiger partial charge in [-0.2, -0.15) is 0 Å². The average molecular weight is 349 g/mol. The SMILES string of the molecule is CC(C)[Si](O[C@]12CCCC[C@@H]1C[C]=[C]CC(=O)C2)(C(C)C)C(C)C. The number of rotatable bonds is 5. The van der Waals surface area contributed by atoms with Gasteiger partial charge in [-0.05, 0) is 54.0 Å². The quantitative estimate of drug-likeness (QED) is 0.568. The van der Waals surface area contributed by atoms with Crippen molar-refractivity contribution in [1.29, 1.82) is 0 Å². The molecule has 2 atom stereocenters. The molecule has 0 unspecified atom stereocenters. The molecule has 2 radical (unpaired) electrons. The standard InChI is InChI=1S/C21H36O2Si/c1-16(2)24(17(3)4,18(5)6)23-21-14-10-9-12-19(21)11-7-8-13-20(22)15-21/h16-19H,9-15H2,1-6H3/t19-,21-/m0/s1. The van der Waals surface area contributed by atoms with E-state index in [2.05, 4.69) is 53.7 Å². The minimum Gasteiger partial charge on any atom is -0.410 e. The summed E-state index contributed by atoms with van der Waals surface area (Å²) in [5.41, 5.74) is 1.43. The molecule has 3 heteroatoms. The van der Waals surface area contributed by atoms with Gasteiger partial charge in [-0.15, -0.1) is 0 Å². The number of Topliss-reactive ketones (excluding diaryl/α,β-unsaturated/α-hetero) is 1. The first-order chi connectivity index (χ1) is 11.2. The normalized spacial score (nSPS) is 29.0. The zero-order chi connectivity index (χ0) is 18.0. The van der Waals surface area contributed by atoms with Crippen LogP contribution in [0, 0.1) is 18.1 Å². The zero-order valence-electron chi connectivity index (χ0n) is 16.6. The lowest BCUT2D eigenvalue weighted by molar-refractivity contribution is -0.127. The first-order valence-electron chi connectivity index (χ1n) is 9.92. The van der Waals surface area contributed by atoms with Gasteiger partial charge in [0.15, 0.2) is 0 Å². The van der Waals surface area contributed by atoms with Gasteiger partial charge in [0.2, 0.25) is 8.32 Å². The van der Waals surface area contributed by atoms with Crippen molar-refractivity contribution in [3.63, 3.8) is 0 Å². The highest BCUT2D eigenvalue weighted by Crippen LogP contribution is 2.51. The molecular weight excluding hydrogens is 312 g/mol. The Morgan fingerprint density at radius 3 is 2.25 bits per heavy atom. The van der Waals surface area contributed by atoms with Crippen LogP contribution in [0.15, 0.2) is 0 Å². The molecule has 0 amide bonds. The van der Waals surface area contributed by atoms with Crippen LogP contribution in [-0.4, -0.2) is 19.7 Å². The topological polar surface area (TPSA) is 26.3 Å². The van der Waals surface area contributed by atoms with Gasteiger partial charge in [0, 0.05) is 12.8 Å². The highest BCUT2D eigenvalue weighted by Gasteiger charge is 2.53. The minimum atomic E-state index is -2.00. The maximum Gasteiger partial charge on any atom is 0.201 e. The number of carbonyl (C=O) groups is 1. The molecule has 2 aliphatic carbocycles. The molecule has 0 heterocycles. The number of allylic oxidation sites excluding steroid dienone is 2. The Bertz CT molecular complexity index is 445. The third kappa shape index (κ3) is 3.72. The lowest BCUT2D eigenvalue weighted by atomic mass is 9.70. The summed E-state index contributed by atoms with van der Waals surface area (Å²) in [6.07, 6.45) is 12.9. The Balaban J connectivity index is 2.45. The fraction of sp³-hybridized carbons (Fsp3) is 0.857. The van der Waals surface area contributed by atoms with E-state index < -0.39 is 8.32 Å². The van der Waals surface area contributed by atoms with E-state index in [1.165, 1.54) is 19.3 Å². The summed E-state index contributed by atoms with van der Waals surface area (Å²) >= 11 is 0. The summed E-state index contributed by atoms with van der Waals surface area (Å²) in [5, 5.41) is 0. The van der Waals surface area contributed by atoms with Crippen LogP contribution in [0.1, 0.15) is 86.5 Å². The van der Waals surface area contributed by atoms with Crippen LogP contribution in [-0.2, 0) is 9.22 Å². The molecule has 2 rings (SSSR count). The Labute approximate surface area is 150 Å². The van der Waals surface area contributed by atoms with Crippen molar-refractivity contribution >= 4 is 14.1 Å². The van der Waals surface area contributed by atoms with Crippen molar-refractivity contribution in [2.75, 3.05) is 0 Å². The van der Waals surface area contributed by atoms with Gasteiger partial charge < -0.3 is 4.43 Å². The van der Waals surface area contributed by atoms with Crippen LogP contribution in [0.2, 0.25) is 16.6 Å². The third-order valence-electron chi connectivity index (χ3n) is 6.49. The van der Waals surface area contributed by atoms with Crippen molar-refractivity contribution in [3.8, 4) is 0 Å². The summed E-state index contributed by atoms with van der Waals surface area (Å²) in [7, 11) is -2.00. The van der Waals surface area contributed by atoms with E-state index in [1.54, 1.807) is 0 Å². The lowest BCUT2D eigenvalue weighted by Gasteiger charge is -2.54. The molecule has 0 saturated heterocycles. The smallest absolute Gasteiger partial charge is 0.201 e. The van der Waals surface area contributed by atoms with E-state index in [9.17, 15) is 4.79 Å². The van der Waals surface area contributed by atoms with Crippen LogP contribution in [0.3, 0.4) is 0 Å². The van der Waals surface area contributed by atoms with Crippen LogP contribution in [0.4, 0.5) is 0 Å². The van der Waals surface area contributed by atoms with Crippen LogP contribution < -0.4 is 0 Å². The molecule has 0 spiro atoms. The van der Waals surface area contributed by atoms with Gasteiger partial charge in [-0.3, -0.25) is 4.79 Å². The summed E-state index contributed by atoms with van der Waals surface area (Å²) in [4.78, 5) is 12.5. The predicted molar refractivity (Wildman–Crippen MR) is 102 cm³/mol. The van der Waals surface area contributed by atoms with Crippen LogP contribution in [0.25, 0.3) is 0 Å². The molecule has 0 bridgehead atoms. The molecule has 2 aliphatic rings. The molecule has 136 valence electrons. The summed E-state index contributed by atoms with van der Waals surface area (Å²) in [6.45, 7) is 14.0. The highest BCUT2D eigenvalue weighted by atomic mass is 28.4. The van der Waals surface area contributed by atoms with E-state index in [1.807, 2.05) is 0 Å². The second-order valence-corrected chi connectivity index (χ2v) is 14.3. The number of carbonyl (C=O) groups excluding carboxylic acids is 1. The van der Waals surface area contributed by atoms with Crippen molar-refractivity contribution in [2.45, 2.75) is 109 Å². The van der Waals surface area contributed by atoms with Crippen molar-refractivity contribution in [2.24, 2.45) is 5.92 Å². The predicted octanol–water partition coefficient (Wildman–Crippen LogP) is 6.02. The fourth-order valence-corrected chi connectivity index (χ4v) is 11.2. The molecule has 0 aromatic heterocycles. The fourth-order valence-electron chi connectivity index (χ4n) is 5.43. The Morgan fingerprint density at radius 1 is 1.04 bits per heavy atom. The largest absolute Gasteiger partial charge is 0.410 e. The second kappa shape index (κ2) is 7.86. The first-order valence-corrected chi connectivity index (χ1v) is 12.1. The number of fused-ring (bicyclic) bond motifs is 1. The Hall–Kier alpha value is -0.413. The molecule has 0 N–H and O–H groups in total. The Kier molecular flexibility index (Phi) is 6.52. The van der Waals surface area contributed by atoms with Crippen LogP contribution in [0.5, 0.6) is 0 Å². The van der Waals surface area contributed by atoms with Crippen molar-refractivity contribution < 1.29 is 9.22 Å². The molecule has 0 aliphatic heterocycles. The summed E-state index contributed by atoms with van der Waals surface area (Å²) in [6, 6.07) is 0. The molecular formula is C21H36O2Si. The zero-order valence-corrected chi connectivity index (χ0v) is 17.6. The molecule has 24 heavy (non-hydrogen) atoms. The van der Waals surface area contributed by atoms with Gasteiger partial charge >= 0.3 is 0 Å². The molecule has 0 aromatic rings. The summed E-state index contributed by atoms with van der Waals surface area (Å²) in [5.74, 6) is 0.722. The van der Waals surface area contributed by atoms with Crippen LogP contribution >= 0.6 is 0 Å². The van der Waals surface area contributed by atoms with Gasteiger partial charge in [-0.1, -0.05) is 54.4 Å². The van der Waals surface area contributed by atoms with Crippen molar-refractivity contribution in [1.82, 2.24) is 0 Å². The number of ketones is 1. The van der Waals surface area contributed by atoms with Gasteiger partial charge in [0.05, 0.1) is 5.60 Å². The number of hydrogen-bond donors (Lipinski definition) is 0. The second-order valence-electron chi connectivity index (χ2n) is 8.88. The molecule has 2 nitrogen and oxygen atoms in total. The maximum atomic E-state index is 12.5. The summed E-state index contributed by atoms with van der Waals surface area (Å²) < 4.78 is 7.31. The average Bonchev–Trinajstić information content (AvgIpc) is 2.47. The van der Waals surface area contributed by atoms with E-state index in [0.29, 0.717) is 35.4 Å². The molecule has 1 saturated carbocycles. The van der Waals surface area contributed by atoms with Gasteiger partial charge in [0.1, 0.15) is 5.78 Å². The van der Waals surface area contributed by atoms with Crippen molar-refractivity contribution in [3.05, 3.63) is 12.2 Å². The molecule has 1 fully saturated rings. The highest BCUT2D eigenvalue weighted by molar-refractivity contribution is 6.77. The lowest BCUT2D eigenvalue weighted by Crippen LogP contribution is -2.58. The maximum absolute atomic E-state index is 12.5. The monoisotopic (exact) mass is 348 g/mol. The van der Waals surface area contributed by atoms with E-state index in [4.69, 9.17) is 4.43 Å². The molecule has 0 aromatic carbocycles. The van der Waals surface area contributed by atoms with E-state index in [0.717, 1.165) is 12.8 Å². The Morgan fingerprint density at radius 2 is 1.67 bits per heavy atom. The van der Waals surface area contributed by atoms with E-state index in [-0.39, 0.29) is 11.4 Å². The number of hydrogen-bond acceptors (Lipinski definition) is 2.